The maximum atomic E-state index is 13.7. The fourth-order valence-electron chi connectivity index (χ4n) is 4.19. The van der Waals surface area contributed by atoms with Crippen molar-refractivity contribution in [2.45, 2.75) is 9.79 Å². The van der Waals surface area contributed by atoms with E-state index >= 15 is 0 Å². The monoisotopic (exact) mass is 534 g/mol. The molecular formula is C26H18N2O7S2. The lowest BCUT2D eigenvalue weighted by atomic mass is 10.1. The number of hydrogen-bond acceptors (Lipinski definition) is 6. The van der Waals surface area contributed by atoms with E-state index in [0.717, 1.165) is 11.0 Å². The first kappa shape index (κ1) is 24.5. The zero-order chi connectivity index (χ0) is 26.4. The predicted molar refractivity (Wildman–Crippen MR) is 138 cm³/mol. The van der Waals surface area contributed by atoms with Crippen LogP contribution >= 0.6 is 0 Å². The van der Waals surface area contributed by atoms with Gasteiger partial charge in [-0.1, -0.05) is 78.9 Å². The summed E-state index contributed by atoms with van der Waals surface area (Å²) >= 11 is 0. The molecule has 11 heteroatoms. The molecule has 0 aromatic heterocycles. The molecule has 2 N–H and O–H groups in total. The standard InChI is InChI=1S/C26H18N2O7S2/c29-26-21(16-17-8-3-1-4-9-17)27-25(18-10-5-2-6-11-18)28(26)22-15-14-19-20(24(22)37(33,34)35)12-7-13-23(19)36(30,31)32/h1-16H,(H,30,31,32)(H,33,34,35). The largest absolute Gasteiger partial charge is 0.297 e. The highest BCUT2D eigenvalue weighted by molar-refractivity contribution is 7.86. The molecule has 1 amide bonds. The summed E-state index contributed by atoms with van der Waals surface area (Å²) in [6.07, 6.45) is 1.55. The summed E-state index contributed by atoms with van der Waals surface area (Å²) in [7, 11) is -9.73. The Bertz CT molecular complexity index is 1830. The Morgan fingerprint density at radius 3 is 1.97 bits per heavy atom. The average molecular weight is 535 g/mol. The van der Waals surface area contributed by atoms with Gasteiger partial charge in [-0.3, -0.25) is 18.8 Å². The minimum absolute atomic E-state index is 0.0260. The van der Waals surface area contributed by atoms with Gasteiger partial charge in [0.15, 0.2) is 0 Å². The Hall–Kier alpha value is -4.16. The van der Waals surface area contributed by atoms with Gasteiger partial charge in [0.1, 0.15) is 21.3 Å². The molecule has 0 fully saturated rings. The van der Waals surface area contributed by atoms with Gasteiger partial charge < -0.3 is 0 Å². The van der Waals surface area contributed by atoms with E-state index in [1.807, 2.05) is 6.07 Å². The predicted octanol–water partition coefficient (Wildman–Crippen LogP) is 4.17. The quantitative estimate of drug-likeness (QED) is 0.289. The van der Waals surface area contributed by atoms with Crippen LogP contribution in [-0.2, 0) is 25.0 Å². The molecule has 0 saturated carbocycles. The van der Waals surface area contributed by atoms with E-state index in [9.17, 15) is 30.7 Å². The van der Waals surface area contributed by atoms with Gasteiger partial charge in [-0.25, -0.2) is 4.99 Å². The number of hydrogen-bond donors (Lipinski definition) is 2. The van der Waals surface area contributed by atoms with Gasteiger partial charge >= 0.3 is 0 Å². The number of fused-ring (bicyclic) bond motifs is 1. The molecule has 9 nitrogen and oxygen atoms in total. The summed E-state index contributed by atoms with van der Waals surface area (Å²) < 4.78 is 69.0. The highest BCUT2D eigenvalue weighted by atomic mass is 32.2. The minimum atomic E-state index is -5.01. The van der Waals surface area contributed by atoms with Crippen molar-refractivity contribution in [3.8, 4) is 0 Å². The fourth-order valence-corrected chi connectivity index (χ4v) is 5.78. The number of nitrogens with zero attached hydrogens (tertiary/aromatic N) is 2. The van der Waals surface area contributed by atoms with Crippen molar-refractivity contribution in [2.24, 2.45) is 4.99 Å². The Balaban J connectivity index is 1.80. The van der Waals surface area contributed by atoms with Crippen LogP contribution in [-0.4, -0.2) is 37.7 Å². The van der Waals surface area contributed by atoms with Crippen LogP contribution < -0.4 is 4.90 Å². The van der Waals surface area contributed by atoms with Crippen molar-refractivity contribution in [3.63, 3.8) is 0 Å². The SMILES string of the molecule is O=C1C(=Cc2ccccc2)N=C(c2ccccc2)N1c1ccc2c(S(=O)(=O)O)cccc2c1S(=O)(=O)O. The summed E-state index contributed by atoms with van der Waals surface area (Å²) in [5.41, 5.74) is 0.986. The number of amidine groups is 1. The summed E-state index contributed by atoms with van der Waals surface area (Å²) in [5, 5.41) is -0.345. The summed E-state index contributed by atoms with van der Waals surface area (Å²) in [6, 6.07) is 23.6. The number of aliphatic imine (C=N–C) groups is 1. The second-order valence-electron chi connectivity index (χ2n) is 8.10. The van der Waals surface area contributed by atoms with Gasteiger partial charge in [-0.2, -0.15) is 16.8 Å². The van der Waals surface area contributed by atoms with E-state index in [-0.39, 0.29) is 28.0 Å². The first-order valence-corrected chi connectivity index (χ1v) is 13.7. The lowest BCUT2D eigenvalue weighted by Crippen LogP contribution is -2.34. The third kappa shape index (κ3) is 4.56. The van der Waals surface area contributed by atoms with E-state index in [0.29, 0.717) is 11.1 Å². The summed E-state index contributed by atoms with van der Waals surface area (Å²) in [6.45, 7) is 0. The van der Waals surface area contributed by atoms with E-state index in [2.05, 4.69) is 4.99 Å². The van der Waals surface area contributed by atoms with Crippen molar-refractivity contribution in [1.29, 1.82) is 0 Å². The topological polar surface area (TPSA) is 141 Å². The number of carbonyl (C=O) groups is 1. The normalized spacial score (nSPS) is 15.4. The molecule has 0 radical (unpaired) electrons. The zero-order valence-electron chi connectivity index (χ0n) is 18.9. The molecule has 0 atom stereocenters. The number of carbonyl (C=O) groups excluding carboxylic acids is 1. The number of amides is 1. The first-order chi connectivity index (χ1) is 17.6. The molecule has 186 valence electrons. The number of rotatable bonds is 5. The van der Waals surface area contributed by atoms with E-state index in [1.165, 1.54) is 24.3 Å². The Labute approximate surface area is 212 Å². The summed E-state index contributed by atoms with van der Waals surface area (Å²) in [4.78, 5) is 18.0. The second-order valence-corrected chi connectivity index (χ2v) is 10.8. The van der Waals surface area contributed by atoms with Gasteiger partial charge in [0.2, 0.25) is 0 Å². The van der Waals surface area contributed by atoms with E-state index in [1.54, 1.807) is 60.7 Å². The van der Waals surface area contributed by atoms with Crippen molar-refractivity contribution in [2.75, 3.05) is 4.90 Å². The molecule has 0 aliphatic carbocycles. The Morgan fingerprint density at radius 1 is 0.703 bits per heavy atom. The number of benzene rings is 4. The molecule has 1 heterocycles. The molecule has 4 aromatic carbocycles. The molecule has 0 spiro atoms. The lowest BCUT2D eigenvalue weighted by molar-refractivity contribution is -0.113. The minimum Gasteiger partial charge on any atom is -0.282 e. The van der Waals surface area contributed by atoms with Crippen LogP contribution in [0.3, 0.4) is 0 Å². The van der Waals surface area contributed by atoms with Gasteiger partial charge in [0, 0.05) is 16.3 Å². The smallest absolute Gasteiger partial charge is 0.282 e. The van der Waals surface area contributed by atoms with Crippen LogP contribution in [0.1, 0.15) is 11.1 Å². The zero-order valence-corrected chi connectivity index (χ0v) is 20.5. The van der Waals surface area contributed by atoms with Crippen molar-refractivity contribution in [1.82, 2.24) is 0 Å². The molecule has 0 bridgehead atoms. The van der Waals surface area contributed by atoms with Crippen LogP contribution in [0.5, 0.6) is 0 Å². The Kier molecular flexibility index (Phi) is 6.00. The molecular weight excluding hydrogens is 516 g/mol. The maximum absolute atomic E-state index is 13.7. The molecule has 1 aliphatic heterocycles. The van der Waals surface area contributed by atoms with Crippen LogP contribution in [0.15, 0.2) is 111 Å². The molecule has 37 heavy (non-hydrogen) atoms. The Morgan fingerprint density at radius 2 is 1.35 bits per heavy atom. The van der Waals surface area contributed by atoms with Gasteiger partial charge in [-0.05, 0) is 23.8 Å². The number of anilines is 1. The third-order valence-corrected chi connectivity index (χ3v) is 7.58. The van der Waals surface area contributed by atoms with Gasteiger partial charge in [0.05, 0.1) is 5.69 Å². The third-order valence-electron chi connectivity index (χ3n) is 5.72. The first-order valence-electron chi connectivity index (χ1n) is 10.8. The molecule has 5 rings (SSSR count). The summed E-state index contributed by atoms with van der Waals surface area (Å²) in [5.74, 6) is -0.541. The van der Waals surface area contributed by atoms with E-state index in [4.69, 9.17) is 0 Å². The van der Waals surface area contributed by atoms with E-state index < -0.39 is 35.9 Å². The van der Waals surface area contributed by atoms with Crippen molar-refractivity contribution >= 4 is 54.5 Å². The maximum Gasteiger partial charge on any atom is 0.297 e. The van der Waals surface area contributed by atoms with Crippen molar-refractivity contribution in [3.05, 3.63) is 108 Å². The highest BCUT2D eigenvalue weighted by Gasteiger charge is 2.37. The van der Waals surface area contributed by atoms with Crippen LogP contribution in [0.2, 0.25) is 0 Å². The molecule has 0 unspecified atom stereocenters. The molecule has 1 aliphatic rings. The second kappa shape index (κ2) is 9.05. The average Bonchev–Trinajstić information content (AvgIpc) is 3.18. The molecule has 4 aromatic rings. The van der Waals surface area contributed by atoms with Crippen LogP contribution in [0.25, 0.3) is 16.8 Å². The fraction of sp³-hybridized carbons (Fsp3) is 0. The van der Waals surface area contributed by atoms with Crippen LogP contribution in [0, 0.1) is 0 Å². The lowest BCUT2D eigenvalue weighted by Gasteiger charge is -2.22. The van der Waals surface area contributed by atoms with Crippen molar-refractivity contribution < 1.29 is 30.7 Å². The highest BCUT2D eigenvalue weighted by Crippen LogP contribution is 2.38. The van der Waals surface area contributed by atoms with Gasteiger partial charge in [0.25, 0.3) is 26.1 Å². The molecule has 0 saturated heterocycles. The van der Waals surface area contributed by atoms with Crippen LogP contribution in [0.4, 0.5) is 5.69 Å². The van der Waals surface area contributed by atoms with Gasteiger partial charge in [-0.15, -0.1) is 0 Å².